The minimum atomic E-state index is -0.735. The van der Waals surface area contributed by atoms with E-state index in [1.165, 1.54) is 51.4 Å². The molecule has 230 valence electrons. The van der Waals surface area contributed by atoms with Crippen LogP contribution in [0.15, 0.2) is 48.6 Å². The van der Waals surface area contributed by atoms with Crippen LogP contribution in [-0.4, -0.2) is 23.1 Å². The molecule has 0 saturated heterocycles. The Morgan fingerprint density at radius 1 is 0.550 bits per heavy atom. The molecule has 0 aliphatic heterocycles. The quantitative estimate of drug-likeness (QED) is 0.0563. The first-order chi connectivity index (χ1) is 19.6. The zero-order chi connectivity index (χ0) is 29.4. The van der Waals surface area contributed by atoms with Crippen LogP contribution in [0, 0.1) is 0 Å². The largest absolute Gasteiger partial charge is 0.481 e. The summed E-state index contributed by atoms with van der Waals surface area (Å²) in [5.74, 6) is -0.802. The molecule has 4 nitrogen and oxygen atoms in total. The summed E-state index contributed by atoms with van der Waals surface area (Å²) < 4.78 is 5.84. The van der Waals surface area contributed by atoms with Crippen molar-refractivity contribution in [3.63, 3.8) is 0 Å². The summed E-state index contributed by atoms with van der Waals surface area (Å²) in [6.45, 7) is 4.46. The van der Waals surface area contributed by atoms with Crippen molar-refractivity contribution >= 4 is 11.9 Å². The number of aliphatic carboxylic acids is 1. The van der Waals surface area contributed by atoms with E-state index in [-0.39, 0.29) is 18.5 Å². The number of carboxylic acid groups (broad SMARTS) is 1. The Hall–Kier alpha value is -2.10. The molecular weight excluding hydrogens is 496 g/mol. The first-order valence-electron chi connectivity index (χ1n) is 16.6. The lowest BCUT2D eigenvalue weighted by molar-refractivity contribution is -0.150. The highest BCUT2D eigenvalue weighted by molar-refractivity contribution is 5.69. The molecule has 0 bridgehead atoms. The fourth-order valence-corrected chi connectivity index (χ4v) is 4.58. The van der Waals surface area contributed by atoms with Gasteiger partial charge in [0.05, 0.1) is 0 Å². The van der Waals surface area contributed by atoms with Crippen molar-refractivity contribution in [3.8, 4) is 0 Å². The predicted octanol–water partition coefficient (Wildman–Crippen LogP) is 11.2. The zero-order valence-corrected chi connectivity index (χ0v) is 26.1. The fraction of sp³-hybridized carbons (Fsp3) is 0.722. The highest BCUT2D eigenvalue weighted by atomic mass is 16.5. The summed E-state index contributed by atoms with van der Waals surface area (Å²) in [5.41, 5.74) is 0. The molecule has 0 aliphatic rings. The maximum absolute atomic E-state index is 12.4. The van der Waals surface area contributed by atoms with E-state index >= 15 is 0 Å². The molecule has 4 heteroatoms. The van der Waals surface area contributed by atoms with Crippen molar-refractivity contribution in [2.75, 3.05) is 0 Å². The lowest BCUT2D eigenvalue weighted by Gasteiger charge is -2.18. The molecule has 1 atom stereocenters. The Kier molecular flexibility index (Phi) is 29.8. The maximum atomic E-state index is 12.4. The molecule has 0 fully saturated rings. The van der Waals surface area contributed by atoms with Gasteiger partial charge in [-0.05, 0) is 83.5 Å². The van der Waals surface area contributed by atoms with Gasteiger partial charge in [-0.1, -0.05) is 114 Å². The molecule has 40 heavy (non-hydrogen) atoms. The van der Waals surface area contributed by atoms with Crippen LogP contribution in [0.5, 0.6) is 0 Å². The van der Waals surface area contributed by atoms with Gasteiger partial charge in [0.1, 0.15) is 6.10 Å². The number of carboxylic acids is 1. The molecule has 0 rings (SSSR count). The third-order valence-corrected chi connectivity index (χ3v) is 7.05. The Bertz CT molecular complexity index is 689. The summed E-state index contributed by atoms with van der Waals surface area (Å²) in [6, 6.07) is 0. The van der Waals surface area contributed by atoms with Crippen molar-refractivity contribution in [2.45, 2.75) is 168 Å². The fourth-order valence-electron chi connectivity index (χ4n) is 4.58. The Morgan fingerprint density at radius 3 is 1.52 bits per heavy atom. The minimum Gasteiger partial charge on any atom is -0.481 e. The number of carbonyl (C=O) groups excluding carboxylic acids is 1. The molecule has 0 aromatic carbocycles. The monoisotopic (exact) mass is 558 g/mol. The van der Waals surface area contributed by atoms with Crippen LogP contribution in [0.2, 0.25) is 0 Å². The van der Waals surface area contributed by atoms with Crippen molar-refractivity contribution in [1.29, 1.82) is 0 Å². The molecular formula is C36H62O4. The van der Waals surface area contributed by atoms with Gasteiger partial charge in [-0.3, -0.25) is 9.59 Å². The summed E-state index contributed by atoms with van der Waals surface area (Å²) in [7, 11) is 0. The van der Waals surface area contributed by atoms with Gasteiger partial charge >= 0.3 is 11.9 Å². The average Bonchev–Trinajstić information content (AvgIpc) is 2.93. The van der Waals surface area contributed by atoms with Gasteiger partial charge in [-0.25, -0.2) is 0 Å². The Morgan fingerprint density at radius 2 is 0.975 bits per heavy atom. The third kappa shape index (κ3) is 30.4. The predicted molar refractivity (Wildman–Crippen MR) is 172 cm³/mol. The lowest BCUT2D eigenvalue weighted by atomic mass is 10.0. The van der Waals surface area contributed by atoms with Gasteiger partial charge in [0.25, 0.3) is 0 Å². The first kappa shape index (κ1) is 37.9. The Labute approximate surface area is 247 Å². The summed E-state index contributed by atoms with van der Waals surface area (Å²) >= 11 is 0. The highest BCUT2D eigenvalue weighted by Gasteiger charge is 2.14. The van der Waals surface area contributed by atoms with E-state index in [1.807, 2.05) is 0 Å². The smallest absolute Gasteiger partial charge is 0.306 e. The maximum Gasteiger partial charge on any atom is 0.306 e. The summed E-state index contributed by atoms with van der Waals surface area (Å²) in [6.07, 6.45) is 41.3. The van der Waals surface area contributed by atoms with Crippen molar-refractivity contribution in [1.82, 2.24) is 0 Å². The van der Waals surface area contributed by atoms with Gasteiger partial charge in [0.2, 0.25) is 0 Å². The molecule has 0 amide bonds. The normalized spacial score (nSPS) is 12.8. The number of esters is 1. The van der Waals surface area contributed by atoms with Gasteiger partial charge in [-0.2, -0.15) is 0 Å². The second-order valence-electron chi connectivity index (χ2n) is 11.0. The number of hydrogen-bond donors (Lipinski definition) is 1. The van der Waals surface area contributed by atoms with Gasteiger partial charge in [0.15, 0.2) is 0 Å². The number of ether oxygens (including phenoxy) is 1. The average molecular weight is 559 g/mol. The van der Waals surface area contributed by atoms with E-state index < -0.39 is 5.97 Å². The number of carbonyl (C=O) groups is 2. The second-order valence-corrected chi connectivity index (χ2v) is 11.0. The van der Waals surface area contributed by atoms with Crippen LogP contribution in [0.25, 0.3) is 0 Å². The van der Waals surface area contributed by atoms with Crippen LogP contribution in [0.3, 0.4) is 0 Å². The van der Waals surface area contributed by atoms with E-state index in [1.54, 1.807) is 0 Å². The number of unbranched alkanes of at least 4 members (excludes halogenated alkanes) is 12. The standard InChI is InChI=1S/C36H62O4/c1-3-5-7-9-10-11-12-13-14-15-16-17-18-19-20-21-22-24-29-33-36(39)40-34(30-26-23-8-6-4-2)31-27-25-28-32-35(37)38/h10-11,13-14,16-17,19-20,34H,3-9,12,15,18,21-33H2,1-2H3,(H,37,38)/b11-10-,14-13-,17-16-,20-19-. The van der Waals surface area contributed by atoms with E-state index in [9.17, 15) is 9.59 Å². The first-order valence-corrected chi connectivity index (χ1v) is 16.6. The van der Waals surface area contributed by atoms with E-state index in [4.69, 9.17) is 9.84 Å². The third-order valence-electron chi connectivity index (χ3n) is 7.05. The van der Waals surface area contributed by atoms with Crippen LogP contribution >= 0.6 is 0 Å². The summed E-state index contributed by atoms with van der Waals surface area (Å²) in [4.78, 5) is 23.1. The number of allylic oxidation sites excluding steroid dienone is 8. The van der Waals surface area contributed by atoms with Crippen molar-refractivity contribution < 1.29 is 19.4 Å². The molecule has 1 N–H and O–H groups in total. The van der Waals surface area contributed by atoms with Gasteiger partial charge < -0.3 is 9.84 Å². The van der Waals surface area contributed by atoms with Crippen LogP contribution in [-0.2, 0) is 14.3 Å². The van der Waals surface area contributed by atoms with Crippen LogP contribution in [0.1, 0.15) is 162 Å². The van der Waals surface area contributed by atoms with E-state index in [0.717, 1.165) is 77.0 Å². The molecule has 0 spiro atoms. The molecule has 0 aromatic heterocycles. The second kappa shape index (κ2) is 31.4. The van der Waals surface area contributed by atoms with Gasteiger partial charge in [-0.15, -0.1) is 0 Å². The SMILES string of the molecule is CCCCC/C=C\C/C=C\C/C=C\C/C=C\CCCCCC(=O)OC(CCCCCCC)CCCCCC(=O)O. The summed E-state index contributed by atoms with van der Waals surface area (Å²) in [5, 5.41) is 8.80. The van der Waals surface area contributed by atoms with Crippen molar-refractivity contribution in [2.24, 2.45) is 0 Å². The van der Waals surface area contributed by atoms with E-state index in [0.29, 0.717) is 12.8 Å². The molecule has 1 unspecified atom stereocenters. The molecule has 0 heterocycles. The van der Waals surface area contributed by atoms with E-state index in [2.05, 4.69) is 62.5 Å². The lowest BCUT2D eigenvalue weighted by Crippen LogP contribution is -2.18. The Balaban J connectivity index is 3.91. The highest BCUT2D eigenvalue weighted by Crippen LogP contribution is 2.17. The number of rotatable bonds is 29. The molecule has 0 saturated carbocycles. The van der Waals surface area contributed by atoms with Gasteiger partial charge in [0, 0.05) is 12.8 Å². The zero-order valence-electron chi connectivity index (χ0n) is 26.1. The van der Waals surface area contributed by atoms with Crippen molar-refractivity contribution in [3.05, 3.63) is 48.6 Å². The van der Waals surface area contributed by atoms with Crippen LogP contribution in [0.4, 0.5) is 0 Å². The molecule has 0 radical (unpaired) electrons. The van der Waals surface area contributed by atoms with Crippen LogP contribution < -0.4 is 0 Å². The number of hydrogen-bond acceptors (Lipinski definition) is 3. The molecule has 0 aliphatic carbocycles. The minimum absolute atomic E-state index is 0.0115. The molecule has 0 aromatic rings. The topological polar surface area (TPSA) is 63.6 Å².